The number of ether oxygens (including phenoxy) is 3. The van der Waals surface area contributed by atoms with Crippen LogP contribution in [0.25, 0.3) is 0 Å². The van der Waals surface area contributed by atoms with Crippen molar-refractivity contribution in [1.29, 1.82) is 0 Å². The second-order valence-electron chi connectivity index (χ2n) is 6.03. The molecule has 1 N–H and O–H groups in total. The summed E-state index contributed by atoms with van der Waals surface area (Å²) in [5.41, 5.74) is 1.26. The molecule has 0 aliphatic carbocycles. The lowest BCUT2D eigenvalue weighted by Gasteiger charge is -2.18. The van der Waals surface area contributed by atoms with E-state index in [1.165, 1.54) is 18.2 Å². The molecular formula is C18H18N4O5. The molecule has 1 fully saturated rings. The molecule has 2 aromatic rings. The van der Waals surface area contributed by atoms with Crippen molar-refractivity contribution < 1.29 is 23.8 Å². The molecule has 0 atom stereocenters. The number of carbonyl (C=O) groups excluding carboxylic acids is 2. The van der Waals surface area contributed by atoms with Crippen LogP contribution in [0.15, 0.2) is 36.5 Å². The first kappa shape index (κ1) is 17.0. The SMILES string of the molecule is COc1ccc(NC(=O)CN2CCN(c3ccc4c(c3)OCO4)C2=O)cn1. The Hall–Kier alpha value is -3.49. The molecule has 0 bridgehead atoms. The number of nitrogens with zero attached hydrogens (tertiary/aromatic N) is 3. The van der Waals surface area contributed by atoms with Crippen LogP contribution in [0.5, 0.6) is 17.4 Å². The van der Waals surface area contributed by atoms with Gasteiger partial charge in [-0.3, -0.25) is 9.69 Å². The highest BCUT2D eigenvalue weighted by Gasteiger charge is 2.31. The largest absolute Gasteiger partial charge is 0.481 e. The van der Waals surface area contributed by atoms with Crippen molar-refractivity contribution in [2.45, 2.75) is 0 Å². The molecule has 2 aliphatic rings. The van der Waals surface area contributed by atoms with Gasteiger partial charge in [-0.05, 0) is 18.2 Å². The summed E-state index contributed by atoms with van der Waals surface area (Å²) in [7, 11) is 1.52. The van der Waals surface area contributed by atoms with Gasteiger partial charge in [0.05, 0.1) is 19.0 Å². The first-order chi connectivity index (χ1) is 13.1. The molecule has 1 aromatic heterocycles. The Labute approximate surface area is 155 Å². The summed E-state index contributed by atoms with van der Waals surface area (Å²) in [5.74, 6) is 1.45. The van der Waals surface area contributed by atoms with E-state index < -0.39 is 0 Å². The summed E-state index contributed by atoms with van der Waals surface area (Å²) in [6.45, 7) is 1.10. The summed E-state index contributed by atoms with van der Waals surface area (Å²) >= 11 is 0. The Morgan fingerprint density at radius 2 is 2.07 bits per heavy atom. The van der Waals surface area contributed by atoms with Crippen molar-refractivity contribution in [1.82, 2.24) is 9.88 Å². The van der Waals surface area contributed by atoms with E-state index in [1.807, 2.05) is 0 Å². The van der Waals surface area contributed by atoms with E-state index >= 15 is 0 Å². The van der Waals surface area contributed by atoms with Gasteiger partial charge in [-0.2, -0.15) is 0 Å². The Morgan fingerprint density at radius 3 is 2.85 bits per heavy atom. The maximum Gasteiger partial charge on any atom is 0.325 e. The third kappa shape index (κ3) is 3.43. The van der Waals surface area contributed by atoms with Gasteiger partial charge in [0.15, 0.2) is 11.5 Å². The molecule has 1 aromatic carbocycles. The first-order valence-electron chi connectivity index (χ1n) is 8.40. The highest BCUT2D eigenvalue weighted by Crippen LogP contribution is 2.36. The van der Waals surface area contributed by atoms with E-state index in [1.54, 1.807) is 35.2 Å². The van der Waals surface area contributed by atoms with Gasteiger partial charge < -0.3 is 24.4 Å². The van der Waals surface area contributed by atoms with Crippen molar-refractivity contribution in [3.05, 3.63) is 36.5 Å². The van der Waals surface area contributed by atoms with E-state index in [9.17, 15) is 9.59 Å². The molecule has 27 heavy (non-hydrogen) atoms. The lowest BCUT2D eigenvalue weighted by Crippen LogP contribution is -2.37. The Kier molecular flexibility index (Phi) is 4.41. The molecule has 2 aliphatic heterocycles. The highest BCUT2D eigenvalue weighted by atomic mass is 16.7. The second kappa shape index (κ2) is 7.02. The van der Waals surface area contributed by atoms with Gasteiger partial charge in [-0.25, -0.2) is 9.78 Å². The van der Waals surface area contributed by atoms with Crippen molar-refractivity contribution in [2.75, 3.05) is 43.8 Å². The van der Waals surface area contributed by atoms with Gasteiger partial charge in [0.1, 0.15) is 6.54 Å². The van der Waals surface area contributed by atoms with Crippen molar-refractivity contribution in [2.24, 2.45) is 0 Å². The molecule has 140 valence electrons. The molecule has 0 radical (unpaired) electrons. The normalized spacial score (nSPS) is 15.2. The molecule has 3 amide bonds. The van der Waals surface area contributed by atoms with E-state index in [0.29, 0.717) is 41.8 Å². The third-order valence-electron chi connectivity index (χ3n) is 4.33. The van der Waals surface area contributed by atoms with Crippen molar-refractivity contribution in [3.8, 4) is 17.4 Å². The van der Waals surface area contributed by atoms with E-state index in [0.717, 1.165) is 0 Å². The van der Waals surface area contributed by atoms with Crippen LogP contribution in [-0.4, -0.2) is 55.4 Å². The number of urea groups is 1. The molecule has 1 saturated heterocycles. The van der Waals surface area contributed by atoms with Crippen LogP contribution in [0, 0.1) is 0 Å². The molecule has 3 heterocycles. The maximum atomic E-state index is 12.6. The van der Waals surface area contributed by atoms with Crippen LogP contribution in [-0.2, 0) is 4.79 Å². The standard InChI is InChI=1S/C18H18N4O5/c1-25-17-5-2-12(9-19-17)20-16(23)10-21-6-7-22(18(21)24)13-3-4-14-15(8-13)27-11-26-14/h2-5,8-9H,6-7,10-11H2,1H3,(H,20,23). The van der Waals surface area contributed by atoms with Crippen LogP contribution in [0.4, 0.5) is 16.2 Å². The molecule has 0 spiro atoms. The molecule has 9 heteroatoms. The lowest BCUT2D eigenvalue weighted by atomic mass is 10.2. The Morgan fingerprint density at radius 1 is 1.22 bits per heavy atom. The topological polar surface area (TPSA) is 93.2 Å². The second-order valence-corrected chi connectivity index (χ2v) is 6.03. The summed E-state index contributed by atoms with van der Waals surface area (Å²) in [6, 6.07) is 8.46. The van der Waals surface area contributed by atoms with Crippen LogP contribution in [0.1, 0.15) is 0 Å². The van der Waals surface area contributed by atoms with Crippen LogP contribution >= 0.6 is 0 Å². The zero-order valence-corrected chi connectivity index (χ0v) is 14.7. The van der Waals surface area contributed by atoms with Gasteiger partial charge in [-0.1, -0.05) is 0 Å². The summed E-state index contributed by atoms with van der Waals surface area (Å²) in [5, 5.41) is 2.72. The maximum absolute atomic E-state index is 12.6. The molecular weight excluding hydrogens is 352 g/mol. The first-order valence-corrected chi connectivity index (χ1v) is 8.40. The average molecular weight is 370 g/mol. The van der Waals surface area contributed by atoms with E-state index in [-0.39, 0.29) is 25.3 Å². The third-order valence-corrected chi connectivity index (χ3v) is 4.33. The fourth-order valence-corrected chi connectivity index (χ4v) is 2.97. The number of carbonyl (C=O) groups is 2. The minimum Gasteiger partial charge on any atom is -0.481 e. The minimum atomic E-state index is -0.289. The van der Waals surface area contributed by atoms with Crippen molar-refractivity contribution >= 4 is 23.3 Å². The van der Waals surface area contributed by atoms with Gasteiger partial charge in [0, 0.05) is 30.9 Å². The fourth-order valence-electron chi connectivity index (χ4n) is 2.97. The smallest absolute Gasteiger partial charge is 0.325 e. The number of nitrogens with one attached hydrogen (secondary N) is 1. The number of aromatic nitrogens is 1. The average Bonchev–Trinajstić information content (AvgIpc) is 3.29. The van der Waals surface area contributed by atoms with Gasteiger partial charge in [-0.15, -0.1) is 0 Å². The van der Waals surface area contributed by atoms with Gasteiger partial charge in [0.25, 0.3) is 0 Å². The van der Waals surface area contributed by atoms with Crippen LogP contribution in [0.3, 0.4) is 0 Å². The Balaban J connectivity index is 1.37. The van der Waals surface area contributed by atoms with Crippen molar-refractivity contribution in [3.63, 3.8) is 0 Å². The number of fused-ring (bicyclic) bond motifs is 1. The number of anilines is 2. The summed E-state index contributed by atoms with van der Waals surface area (Å²) < 4.78 is 15.6. The fraction of sp³-hybridized carbons (Fsp3) is 0.278. The number of hydrogen-bond acceptors (Lipinski definition) is 6. The number of methoxy groups -OCH3 is 1. The van der Waals surface area contributed by atoms with Crippen LogP contribution in [0.2, 0.25) is 0 Å². The van der Waals surface area contributed by atoms with Gasteiger partial charge >= 0.3 is 6.03 Å². The minimum absolute atomic E-state index is 0.0358. The highest BCUT2D eigenvalue weighted by molar-refractivity contribution is 5.99. The molecule has 0 unspecified atom stereocenters. The zero-order valence-electron chi connectivity index (χ0n) is 14.7. The monoisotopic (exact) mass is 370 g/mol. The van der Waals surface area contributed by atoms with Crippen LogP contribution < -0.4 is 24.4 Å². The number of amides is 3. The quantitative estimate of drug-likeness (QED) is 0.861. The summed E-state index contributed by atoms with van der Waals surface area (Å²) in [4.78, 5) is 32.0. The molecule has 0 saturated carbocycles. The van der Waals surface area contributed by atoms with Gasteiger partial charge in [0.2, 0.25) is 18.6 Å². The summed E-state index contributed by atoms with van der Waals surface area (Å²) in [6.07, 6.45) is 1.50. The van der Waals surface area contributed by atoms with E-state index in [2.05, 4.69) is 10.3 Å². The predicted octanol–water partition coefficient (Wildman–Crippen LogP) is 1.70. The number of benzene rings is 1. The zero-order chi connectivity index (χ0) is 18.8. The molecule has 9 nitrogen and oxygen atoms in total. The number of pyridine rings is 1. The lowest BCUT2D eigenvalue weighted by molar-refractivity contribution is -0.116. The Bertz CT molecular complexity index is 871. The number of hydrogen-bond donors (Lipinski definition) is 1. The predicted molar refractivity (Wildman–Crippen MR) is 96.3 cm³/mol. The number of rotatable bonds is 5. The molecule has 4 rings (SSSR count). The van der Waals surface area contributed by atoms with E-state index in [4.69, 9.17) is 14.2 Å².